The fourth-order valence-electron chi connectivity index (χ4n) is 3.92. The zero-order valence-electron chi connectivity index (χ0n) is 10.1. The monoisotopic (exact) mass is 208 g/mol. The van der Waals surface area contributed by atoms with Crippen molar-refractivity contribution in [1.29, 1.82) is 0 Å². The summed E-state index contributed by atoms with van der Waals surface area (Å²) in [5.74, 6) is 0.945. The molecule has 0 spiro atoms. The van der Waals surface area contributed by atoms with Crippen LogP contribution in [-0.2, 0) is 0 Å². The van der Waals surface area contributed by atoms with Gasteiger partial charge in [-0.3, -0.25) is 4.90 Å². The van der Waals surface area contributed by atoms with E-state index in [2.05, 4.69) is 24.1 Å². The Hall–Kier alpha value is -0.0800. The Morgan fingerprint density at radius 1 is 1.33 bits per heavy atom. The van der Waals surface area contributed by atoms with E-state index in [9.17, 15) is 0 Å². The molecule has 3 saturated heterocycles. The highest BCUT2D eigenvalue weighted by molar-refractivity contribution is 5.00. The van der Waals surface area contributed by atoms with E-state index in [1.165, 1.54) is 45.2 Å². The maximum Gasteiger partial charge on any atom is 0.0153 e. The second kappa shape index (κ2) is 3.46. The molecule has 0 radical (unpaired) electrons. The highest BCUT2D eigenvalue weighted by atomic mass is 15.2. The van der Waals surface area contributed by atoms with Crippen molar-refractivity contribution < 1.29 is 0 Å². The van der Waals surface area contributed by atoms with Crippen LogP contribution in [0.5, 0.6) is 0 Å². The molecule has 0 aromatic heterocycles. The van der Waals surface area contributed by atoms with Crippen molar-refractivity contribution in [3.63, 3.8) is 0 Å². The van der Waals surface area contributed by atoms with Crippen molar-refractivity contribution >= 4 is 0 Å². The van der Waals surface area contributed by atoms with Gasteiger partial charge in [0.25, 0.3) is 0 Å². The minimum Gasteiger partial charge on any atom is -0.311 e. The Morgan fingerprint density at radius 3 is 2.73 bits per heavy atom. The van der Waals surface area contributed by atoms with Crippen LogP contribution in [0, 0.1) is 5.92 Å². The summed E-state index contributed by atoms with van der Waals surface area (Å²) >= 11 is 0. The third-order valence-electron chi connectivity index (χ3n) is 4.96. The van der Waals surface area contributed by atoms with Gasteiger partial charge < -0.3 is 5.32 Å². The third-order valence-corrected chi connectivity index (χ3v) is 4.96. The van der Waals surface area contributed by atoms with Crippen LogP contribution in [0.4, 0.5) is 0 Å². The Bertz CT molecular complexity index is 249. The van der Waals surface area contributed by atoms with Crippen LogP contribution in [-0.4, -0.2) is 35.6 Å². The summed E-state index contributed by atoms with van der Waals surface area (Å²) < 4.78 is 0. The van der Waals surface area contributed by atoms with Gasteiger partial charge in [-0.1, -0.05) is 0 Å². The fraction of sp³-hybridized carbons (Fsp3) is 1.00. The summed E-state index contributed by atoms with van der Waals surface area (Å²) in [5, 5.41) is 3.75. The summed E-state index contributed by atoms with van der Waals surface area (Å²) in [4.78, 5) is 2.74. The Morgan fingerprint density at radius 2 is 2.20 bits per heavy atom. The highest BCUT2D eigenvalue weighted by Gasteiger charge is 2.42. The first kappa shape index (κ1) is 10.1. The van der Waals surface area contributed by atoms with E-state index in [-0.39, 0.29) is 0 Å². The highest BCUT2D eigenvalue weighted by Crippen LogP contribution is 2.36. The lowest BCUT2D eigenvalue weighted by atomic mass is 9.88. The largest absolute Gasteiger partial charge is 0.311 e. The molecule has 3 aliphatic rings. The molecule has 0 aromatic rings. The molecule has 3 rings (SSSR count). The number of hydrogen-bond donors (Lipinski definition) is 1. The molecular formula is C13H24N2. The van der Waals surface area contributed by atoms with Crippen LogP contribution >= 0.6 is 0 Å². The number of likely N-dealkylation sites (tertiary alicyclic amines) is 1. The molecule has 1 N–H and O–H groups in total. The number of nitrogens with one attached hydrogen (secondary N) is 1. The van der Waals surface area contributed by atoms with Crippen LogP contribution in [0.15, 0.2) is 0 Å². The minimum atomic E-state index is 0.474. The quantitative estimate of drug-likeness (QED) is 0.746. The molecule has 3 atom stereocenters. The Labute approximate surface area is 93.4 Å². The predicted octanol–water partition coefficient (Wildman–Crippen LogP) is 2.00. The van der Waals surface area contributed by atoms with Gasteiger partial charge in [0.05, 0.1) is 0 Å². The van der Waals surface area contributed by atoms with E-state index in [1.807, 2.05) is 0 Å². The molecule has 0 aliphatic carbocycles. The van der Waals surface area contributed by atoms with E-state index in [0.29, 0.717) is 5.54 Å². The average molecular weight is 208 g/mol. The van der Waals surface area contributed by atoms with Gasteiger partial charge in [-0.05, 0) is 58.4 Å². The van der Waals surface area contributed by atoms with E-state index < -0.39 is 0 Å². The molecule has 15 heavy (non-hydrogen) atoms. The zero-order chi connectivity index (χ0) is 10.5. The fourth-order valence-corrected chi connectivity index (χ4v) is 3.92. The van der Waals surface area contributed by atoms with Crippen LogP contribution in [0.2, 0.25) is 0 Å². The van der Waals surface area contributed by atoms with Gasteiger partial charge in [0.15, 0.2) is 0 Å². The topological polar surface area (TPSA) is 15.3 Å². The first-order valence-corrected chi connectivity index (χ1v) is 6.66. The van der Waals surface area contributed by atoms with Gasteiger partial charge in [-0.2, -0.15) is 0 Å². The van der Waals surface area contributed by atoms with Crippen molar-refractivity contribution in [2.45, 2.75) is 63.6 Å². The molecule has 0 amide bonds. The van der Waals surface area contributed by atoms with E-state index in [1.54, 1.807) is 0 Å². The summed E-state index contributed by atoms with van der Waals surface area (Å²) in [7, 11) is 0. The normalized spacial score (nSPS) is 44.0. The van der Waals surface area contributed by atoms with E-state index in [0.717, 1.165) is 18.0 Å². The van der Waals surface area contributed by atoms with Gasteiger partial charge >= 0.3 is 0 Å². The van der Waals surface area contributed by atoms with Gasteiger partial charge in [0.2, 0.25) is 0 Å². The van der Waals surface area contributed by atoms with Gasteiger partial charge in [-0.25, -0.2) is 0 Å². The number of rotatable bonds is 2. The lowest BCUT2D eigenvalue weighted by Gasteiger charge is -2.35. The molecule has 2 bridgehead atoms. The molecule has 0 aromatic carbocycles. The molecule has 3 heterocycles. The van der Waals surface area contributed by atoms with Gasteiger partial charge in [0, 0.05) is 24.2 Å². The maximum absolute atomic E-state index is 3.75. The lowest BCUT2D eigenvalue weighted by molar-refractivity contribution is 0.138. The average Bonchev–Trinajstić information content (AvgIpc) is 2.83. The summed E-state index contributed by atoms with van der Waals surface area (Å²) in [6.45, 7) is 7.52. The van der Waals surface area contributed by atoms with Crippen LogP contribution in [0.25, 0.3) is 0 Å². The van der Waals surface area contributed by atoms with Crippen LogP contribution in [0.3, 0.4) is 0 Å². The summed E-state index contributed by atoms with van der Waals surface area (Å²) in [5.41, 5.74) is 0.474. The Balaban J connectivity index is 1.61. The van der Waals surface area contributed by atoms with Crippen LogP contribution in [0.1, 0.15) is 46.0 Å². The number of hydrogen-bond acceptors (Lipinski definition) is 2. The second-order valence-corrected chi connectivity index (χ2v) is 6.41. The molecule has 2 nitrogen and oxygen atoms in total. The first-order chi connectivity index (χ1) is 7.15. The molecule has 0 saturated carbocycles. The Kier molecular flexibility index (Phi) is 2.33. The van der Waals surface area contributed by atoms with Crippen molar-refractivity contribution in [2.24, 2.45) is 5.92 Å². The molecule has 3 fully saturated rings. The van der Waals surface area contributed by atoms with E-state index in [4.69, 9.17) is 0 Å². The van der Waals surface area contributed by atoms with Crippen molar-refractivity contribution in [2.75, 3.05) is 13.1 Å². The molecular weight excluding hydrogens is 184 g/mol. The second-order valence-electron chi connectivity index (χ2n) is 6.41. The molecule has 3 aliphatic heterocycles. The zero-order valence-corrected chi connectivity index (χ0v) is 10.1. The summed E-state index contributed by atoms with van der Waals surface area (Å²) in [6, 6.07) is 1.72. The minimum absolute atomic E-state index is 0.474. The van der Waals surface area contributed by atoms with Crippen LogP contribution < -0.4 is 5.32 Å². The van der Waals surface area contributed by atoms with Gasteiger partial charge in [-0.15, -0.1) is 0 Å². The predicted molar refractivity (Wildman–Crippen MR) is 62.9 cm³/mol. The third kappa shape index (κ3) is 1.72. The number of nitrogens with zero attached hydrogens (tertiary/aromatic N) is 1. The standard InChI is InChI=1S/C13H24N2/c1-13(2)6-3-7-15(13)9-10-8-11-4-5-12(10)14-11/h10-12,14H,3-9H2,1-2H3. The summed E-state index contributed by atoms with van der Waals surface area (Å²) in [6.07, 6.45) is 7.11. The number of fused-ring (bicyclic) bond motifs is 2. The smallest absolute Gasteiger partial charge is 0.0153 e. The first-order valence-electron chi connectivity index (χ1n) is 6.66. The van der Waals surface area contributed by atoms with E-state index >= 15 is 0 Å². The maximum atomic E-state index is 3.75. The molecule has 2 heteroatoms. The molecule has 3 unspecified atom stereocenters. The van der Waals surface area contributed by atoms with Crippen molar-refractivity contribution in [3.8, 4) is 0 Å². The molecule has 86 valence electrons. The van der Waals surface area contributed by atoms with Gasteiger partial charge in [0.1, 0.15) is 0 Å². The van der Waals surface area contributed by atoms with Crippen molar-refractivity contribution in [1.82, 2.24) is 10.2 Å². The lowest BCUT2D eigenvalue weighted by Crippen LogP contribution is -2.43. The van der Waals surface area contributed by atoms with Crippen molar-refractivity contribution in [3.05, 3.63) is 0 Å². The SMILES string of the molecule is CC1(C)CCCN1CC1CC2CCC1N2.